The molecule has 1 aliphatic heterocycles. The van der Waals surface area contributed by atoms with Crippen molar-refractivity contribution in [1.82, 2.24) is 10.6 Å². The van der Waals surface area contributed by atoms with Crippen LogP contribution in [0.2, 0.25) is 0 Å². The third-order valence-corrected chi connectivity index (χ3v) is 6.99. The molecule has 0 radical (unpaired) electrons. The van der Waals surface area contributed by atoms with Gasteiger partial charge in [0.05, 0.1) is 17.4 Å². The summed E-state index contributed by atoms with van der Waals surface area (Å²) in [6.45, 7) is 4.00. The number of carbonyl (C=O) groups is 3. The van der Waals surface area contributed by atoms with Gasteiger partial charge < -0.3 is 25.2 Å². The lowest BCUT2D eigenvalue weighted by atomic mass is 9.81. The molecule has 186 valence electrons. The van der Waals surface area contributed by atoms with E-state index in [0.717, 1.165) is 22.3 Å². The highest BCUT2D eigenvalue weighted by molar-refractivity contribution is 5.85. The van der Waals surface area contributed by atoms with E-state index in [-0.39, 0.29) is 38.1 Å². The first-order chi connectivity index (χ1) is 16.7. The fraction of sp³-hybridized carbons (Fsp3) is 0.444. The van der Waals surface area contributed by atoms with Crippen molar-refractivity contribution in [2.45, 2.75) is 32.6 Å². The van der Waals surface area contributed by atoms with Gasteiger partial charge >= 0.3 is 12.1 Å². The molecule has 0 bridgehead atoms. The summed E-state index contributed by atoms with van der Waals surface area (Å²) in [5.41, 5.74) is 2.47. The fourth-order valence-electron chi connectivity index (χ4n) is 4.71. The Morgan fingerprint density at radius 3 is 2.26 bits per heavy atom. The average Bonchev–Trinajstić information content (AvgIpc) is 3.19. The Hall–Kier alpha value is -3.39. The minimum absolute atomic E-state index is 0.0200. The maximum Gasteiger partial charge on any atom is 0.407 e. The fourth-order valence-corrected chi connectivity index (χ4v) is 4.71. The van der Waals surface area contributed by atoms with Gasteiger partial charge in [0.25, 0.3) is 0 Å². The number of nitrogens with one attached hydrogen (secondary N) is 2. The number of alkyl carbamates (subject to hydrolysis) is 1. The van der Waals surface area contributed by atoms with E-state index >= 15 is 0 Å². The summed E-state index contributed by atoms with van der Waals surface area (Å²) < 4.78 is 11.2. The molecule has 1 unspecified atom stereocenters. The Labute approximate surface area is 205 Å². The molecule has 2 aromatic rings. The van der Waals surface area contributed by atoms with Crippen molar-refractivity contribution in [1.29, 1.82) is 0 Å². The highest BCUT2D eigenvalue weighted by Gasteiger charge is 2.42. The molecule has 8 nitrogen and oxygen atoms in total. The standard InChI is InChI=1S/C27H32N2O6/c1-26(2,24(31)32)15-28-23(30)27(12-7-13-34-17-27)16-29-25(33)35-14-22-20-10-5-3-8-18(20)19-9-4-6-11-21(19)22/h3-6,8-11,22H,7,12-17H2,1-2H3,(H,28,30)(H,29,33)(H,31,32). The Morgan fingerprint density at radius 1 is 1.06 bits per heavy atom. The predicted molar refractivity (Wildman–Crippen MR) is 130 cm³/mol. The summed E-state index contributed by atoms with van der Waals surface area (Å²) in [6, 6.07) is 16.2. The molecule has 1 heterocycles. The summed E-state index contributed by atoms with van der Waals surface area (Å²) >= 11 is 0. The molecule has 3 N–H and O–H groups in total. The Bertz CT molecular complexity index is 1060. The van der Waals surface area contributed by atoms with E-state index in [4.69, 9.17) is 9.47 Å². The summed E-state index contributed by atoms with van der Waals surface area (Å²) in [6.07, 6.45) is 0.591. The largest absolute Gasteiger partial charge is 0.481 e. The van der Waals surface area contributed by atoms with Crippen LogP contribution >= 0.6 is 0 Å². The second kappa shape index (κ2) is 10.1. The van der Waals surface area contributed by atoms with Gasteiger partial charge in [0.15, 0.2) is 0 Å². The van der Waals surface area contributed by atoms with Gasteiger partial charge in [-0.3, -0.25) is 9.59 Å². The number of benzene rings is 2. The number of amides is 2. The highest BCUT2D eigenvalue weighted by Crippen LogP contribution is 2.44. The molecule has 1 aliphatic carbocycles. The first kappa shape index (κ1) is 24.7. The minimum Gasteiger partial charge on any atom is -0.481 e. The van der Waals surface area contributed by atoms with E-state index in [0.29, 0.717) is 19.4 Å². The van der Waals surface area contributed by atoms with Gasteiger partial charge in [-0.1, -0.05) is 48.5 Å². The molecule has 0 aromatic heterocycles. The van der Waals surface area contributed by atoms with Gasteiger partial charge in [0.2, 0.25) is 5.91 Å². The van der Waals surface area contributed by atoms with E-state index in [1.165, 1.54) is 0 Å². The lowest BCUT2D eigenvalue weighted by Gasteiger charge is -2.36. The maximum absolute atomic E-state index is 13.1. The van der Waals surface area contributed by atoms with Crippen molar-refractivity contribution in [2.75, 3.05) is 32.9 Å². The third-order valence-electron chi connectivity index (χ3n) is 6.99. The van der Waals surface area contributed by atoms with Crippen LogP contribution < -0.4 is 10.6 Å². The number of hydrogen-bond donors (Lipinski definition) is 3. The zero-order valence-electron chi connectivity index (χ0n) is 20.1. The van der Waals surface area contributed by atoms with Crippen molar-refractivity contribution < 1.29 is 29.0 Å². The van der Waals surface area contributed by atoms with Crippen LogP contribution in [-0.4, -0.2) is 56.0 Å². The number of carboxylic acid groups (broad SMARTS) is 1. The molecule has 0 spiro atoms. The number of rotatable bonds is 8. The predicted octanol–water partition coefficient (Wildman–Crippen LogP) is 3.55. The van der Waals surface area contributed by atoms with Crippen LogP contribution in [0, 0.1) is 10.8 Å². The molecule has 2 amide bonds. The molecular formula is C27H32N2O6. The van der Waals surface area contributed by atoms with Gasteiger partial charge in [-0.05, 0) is 48.9 Å². The van der Waals surface area contributed by atoms with Crippen LogP contribution in [-0.2, 0) is 19.1 Å². The third kappa shape index (κ3) is 5.17. The van der Waals surface area contributed by atoms with Crippen molar-refractivity contribution in [2.24, 2.45) is 10.8 Å². The van der Waals surface area contributed by atoms with Crippen LogP contribution in [0.3, 0.4) is 0 Å². The SMILES string of the molecule is CC(C)(CNC(=O)C1(CNC(=O)OCC2c3ccccc3-c3ccccc32)CCCOC1)C(=O)O. The second-order valence-corrected chi connectivity index (χ2v) is 9.99. The van der Waals surface area contributed by atoms with Crippen LogP contribution in [0.25, 0.3) is 11.1 Å². The average molecular weight is 481 g/mol. The molecule has 35 heavy (non-hydrogen) atoms. The molecular weight excluding hydrogens is 448 g/mol. The second-order valence-electron chi connectivity index (χ2n) is 9.99. The van der Waals surface area contributed by atoms with Crippen molar-refractivity contribution in [3.8, 4) is 11.1 Å². The number of ether oxygens (including phenoxy) is 2. The van der Waals surface area contributed by atoms with Crippen LogP contribution in [0.1, 0.15) is 43.7 Å². The van der Waals surface area contributed by atoms with Gasteiger partial charge in [-0.2, -0.15) is 0 Å². The van der Waals surface area contributed by atoms with Crippen LogP contribution in [0.15, 0.2) is 48.5 Å². The lowest BCUT2D eigenvalue weighted by molar-refractivity contribution is -0.147. The summed E-state index contributed by atoms with van der Waals surface area (Å²) in [5, 5.41) is 14.8. The molecule has 4 rings (SSSR count). The first-order valence-electron chi connectivity index (χ1n) is 11.9. The van der Waals surface area contributed by atoms with Gasteiger partial charge in [0, 0.05) is 25.6 Å². The molecule has 2 aromatic carbocycles. The number of aliphatic carboxylic acids is 1. The van der Waals surface area contributed by atoms with Gasteiger partial charge in [-0.25, -0.2) is 4.79 Å². The van der Waals surface area contributed by atoms with Crippen molar-refractivity contribution in [3.05, 3.63) is 59.7 Å². The Kier molecular flexibility index (Phi) is 7.12. The molecule has 1 atom stereocenters. The van der Waals surface area contributed by atoms with E-state index in [1.54, 1.807) is 13.8 Å². The normalized spacial score (nSPS) is 19.4. The lowest BCUT2D eigenvalue weighted by Crippen LogP contribution is -2.54. The van der Waals surface area contributed by atoms with E-state index < -0.39 is 22.9 Å². The summed E-state index contributed by atoms with van der Waals surface area (Å²) in [4.78, 5) is 37.1. The molecule has 0 saturated carbocycles. The van der Waals surface area contributed by atoms with E-state index in [1.807, 2.05) is 24.3 Å². The maximum atomic E-state index is 13.1. The van der Waals surface area contributed by atoms with Gasteiger partial charge in [0.1, 0.15) is 6.61 Å². The quantitative estimate of drug-likeness (QED) is 0.533. The Morgan fingerprint density at radius 2 is 1.69 bits per heavy atom. The monoisotopic (exact) mass is 480 g/mol. The van der Waals surface area contributed by atoms with Crippen LogP contribution in [0.4, 0.5) is 4.79 Å². The number of carboxylic acids is 1. The number of carbonyl (C=O) groups excluding carboxylic acids is 2. The number of fused-ring (bicyclic) bond motifs is 3. The topological polar surface area (TPSA) is 114 Å². The van der Waals surface area contributed by atoms with Crippen LogP contribution in [0.5, 0.6) is 0 Å². The zero-order valence-corrected chi connectivity index (χ0v) is 20.1. The highest BCUT2D eigenvalue weighted by atomic mass is 16.5. The zero-order chi connectivity index (χ0) is 25.1. The van der Waals surface area contributed by atoms with Gasteiger partial charge in [-0.15, -0.1) is 0 Å². The summed E-state index contributed by atoms with van der Waals surface area (Å²) in [7, 11) is 0. The summed E-state index contributed by atoms with van der Waals surface area (Å²) in [5.74, 6) is -1.38. The minimum atomic E-state index is -1.10. The Balaban J connectivity index is 1.37. The van der Waals surface area contributed by atoms with Crippen molar-refractivity contribution >= 4 is 18.0 Å². The smallest absolute Gasteiger partial charge is 0.407 e. The molecule has 2 aliphatic rings. The molecule has 8 heteroatoms. The van der Waals surface area contributed by atoms with E-state index in [9.17, 15) is 19.5 Å². The molecule has 1 saturated heterocycles. The first-order valence-corrected chi connectivity index (χ1v) is 11.9. The number of hydrogen-bond acceptors (Lipinski definition) is 5. The molecule has 1 fully saturated rings. The van der Waals surface area contributed by atoms with E-state index in [2.05, 4.69) is 34.9 Å². The van der Waals surface area contributed by atoms with Crippen molar-refractivity contribution in [3.63, 3.8) is 0 Å².